The lowest BCUT2D eigenvalue weighted by Gasteiger charge is -2.15. The van der Waals surface area contributed by atoms with E-state index in [4.69, 9.17) is 14.2 Å². The highest BCUT2D eigenvalue weighted by molar-refractivity contribution is 6.08. The number of carbonyl (C=O) groups is 1. The molecule has 0 saturated heterocycles. The van der Waals surface area contributed by atoms with Gasteiger partial charge in [-0.05, 0) is 23.8 Å². The lowest BCUT2D eigenvalue weighted by atomic mass is 9.97. The first-order valence-electron chi connectivity index (χ1n) is 6.59. The van der Waals surface area contributed by atoms with Crippen molar-refractivity contribution in [3.8, 4) is 11.5 Å². The first kappa shape index (κ1) is 15.1. The number of ether oxygens (including phenoxy) is 3. The van der Waals surface area contributed by atoms with Crippen molar-refractivity contribution < 1.29 is 19.0 Å². The molecule has 1 aliphatic rings. The van der Waals surface area contributed by atoms with Crippen molar-refractivity contribution in [1.29, 1.82) is 0 Å². The Morgan fingerprint density at radius 2 is 1.67 bits per heavy atom. The molecule has 1 aromatic rings. The van der Waals surface area contributed by atoms with Crippen LogP contribution in [0, 0.1) is 5.41 Å². The molecule has 2 rings (SSSR count). The first-order valence-corrected chi connectivity index (χ1v) is 6.59. The summed E-state index contributed by atoms with van der Waals surface area (Å²) in [4.78, 5) is 16.1. The summed E-state index contributed by atoms with van der Waals surface area (Å²) in [6.45, 7) is 5.82. The van der Waals surface area contributed by atoms with Crippen molar-refractivity contribution in [2.45, 2.75) is 20.8 Å². The average Bonchev–Trinajstić information content (AvgIpc) is 2.79. The zero-order chi connectivity index (χ0) is 15.6. The second-order valence-corrected chi connectivity index (χ2v) is 5.73. The van der Waals surface area contributed by atoms with Crippen LogP contribution in [0.25, 0.3) is 6.08 Å². The quantitative estimate of drug-likeness (QED) is 0.634. The van der Waals surface area contributed by atoms with E-state index in [0.29, 0.717) is 17.4 Å². The maximum Gasteiger partial charge on any atom is 0.363 e. The number of aliphatic imine (C=N–C) groups is 1. The lowest BCUT2D eigenvalue weighted by molar-refractivity contribution is -0.130. The van der Waals surface area contributed by atoms with Gasteiger partial charge >= 0.3 is 5.97 Å². The van der Waals surface area contributed by atoms with Gasteiger partial charge in [-0.15, -0.1) is 0 Å². The Balaban J connectivity index is 2.40. The van der Waals surface area contributed by atoms with Gasteiger partial charge in [0.05, 0.1) is 14.2 Å². The summed E-state index contributed by atoms with van der Waals surface area (Å²) in [6, 6.07) is 5.36. The lowest BCUT2D eigenvalue weighted by Crippen LogP contribution is -2.21. The fraction of sp³-hybridized carbons (Fsp3) is 0.375. The number of nitrogens with zero attached hydrogens (tertiary/aromatic N) is 1. The normalized spacial score (nSPS) is 16.7. The SMILES string of the molecule is COc1cc(/C=C2/N=C(C(C)(C)C)OC2=O)cc(OC)c1. The minimum absolute atomic E-state index is 0.273. The van der Waals surface area contributed by atoms with Gasteiger partial charge in [-0.1, -0.05) is 20.8 Å². The second kappa shape index (κ2) is 5.60. The van der Waals surface area contributed by atoms with E-state index in [-0.39, 0.29) is 11.1 Å². The van der Waals surface area contributed by atoms with E-state index in [1.165, 1.54) is 0 Å². The minimum Gasteiger partial charge on any atom is -0.497 e. The third-order valence-corrected chi connectivity index (χ3v) is 2.94. The van der Waals surface area contributed by atoms with E-state index < -0.39 is 5.97 Å². The highest BCUT2D eigenvalue weighted by Gasteiger charge is 2.31. The molecule has 5 heteroatoms. The fourth-order valence-corrected chi connectivity index (χ4v) is 1.80. The highest BCUT2D eigenvalue weighted by atomic mass is 16.6. The predicted molar refractivity (Wildman–Crippen MR) is 80.5 cm³/mol. The van der Waals surface area contributed by atoms with Crippen molar-refractivity contribution in [2.75, 3.05) is 14.2 Å². The summed E-state index contributed by atoms with van der Waals surface area (Å²) in [6.07, 6.45) is 1.66. The van der Waals surface area contributed by atoms with Gasteiger partial charge in [0.1, 0.15) is 11.5 Å². The van der Waals surface area contributed by atoms with E-state index in [0.717, 1.165) is 5.56 Å². The van der Waals surface area contributed by atoms with Crippen LogP contribution in [0.4, 0.5) is 0 Å². The predicted octanol–water partition coefficient (Wildman–Crippen LogP) is 3.05. The molecule has 0 radical (unpaired) electrons. The third-order valence-electron chi connectivity index (χ3n) is 2.94. The Labute approximate surface area is 124 Å². The molecule has 1 aromatic carbocycles. The number of hydrogen-bond acceptors (Lipinski definition) is 5. The van der Waals surface area contributed by atoms with E-state index in [2.05, 4.69) is 4.99 Å². The van der Waals surface area contributed by atoms with Crippen molar-refractivity contribution in [2.24, 2.45) is 10.4 Å². The average molecular weight is 289 g/mol. The number of carbonyl (C=O) groups excluding carboxylic acids is 1. The van der Waals surface area contributed by atoms with Crippen LogP contribution in [0.5, 0.6) is 11.5 Å². The number of cyclic esters (lactones) is 1. The third kappa shape index (κ3) is 3.42. The van der Waals surface area contributed by atoms with Gasteiger partial charge in [0.15, 0.2) is 5.70 Å². The topological polar surface area (TPSA) is 57.1 Å². The van der Waals surface area contributed by atoms with E-state index in [1.54, 1.807) is 38.5 Å². The molecular weight excluding hydrogens is 270 g/mol. The molecule has 1 heterocycles. The molecule has 5 nitrogen and oxygen atoms in total. The fourth-order valence-electron chi connectivity index (χ4n) is 1.80. The number of methoxy groups -OCH3 is 2. The van der Waals surface area contributed by atoms with Gasteiger partial charge in [-0.3, -0.25) is 0 Å². The maximum absolute atomic E-state index is 11.9. The summed E-state index contributed by atoms with van der Waals surface area (Å²) in [5.41, 5.74) is 0.726. The number of rotatable bonds is 3. The molecule has 21 heavy (non-hydrogen) atoms. The summed E-state index contributed by atoms with van der Waals surface area (Å²) < 4.78 is 15.6. The molecule has 0 unspecified atom stereocenters. The molecule has 0 atom stereocenters. The van der Waals surface area contributed by atoms with Crippen LogP contribution in [-0.2, 0) is 9.53 Å². The monoisotopic (exact) mass is 289 g/mol. The van der Waals surface area contributed by atoms with Crippen molar-refractivity contribution in [3.05, 3.63) is 29.5 Å². The molecule has 0 spiro atoms. The maximum atomic E-state index is 11.9. The number of benzene rings is 1. The Morgan fingerprint density at radius 1 is 1.10 bits per heavy atom. The Morgan fingerprint density at radius 3 is 2.10 bits per heavy atom. The smallest absolute Gasteiger partial charge is 0.363 e. The van der Waals surface area contributed by atoms with Crippen molar-refractivity contribution in [1.82, 2.24) is 0 Å². The van der Waals surface area contributed by atoms with Crippen LogP contribution < -0.4 is 9.47 Å². The van der Waals surface area contributed by atoms with Gasteiger partial charge in [0.2, 0.25) is 5.90 Å². The number of esters is 1. The Hall–Kier alpha value is -2.30. The zero-order valence-electron chi connectivity index (χ0n) is 12.9. The van der Waals surface area contributed by atoms with Crippen molar-refractivity contribution in [3.63, 3.8) is 0 Å². The number of hydrogen-bond donors (Lipinski definition) is 0. The standard InChI is InChI=1S/C16H19NO4/c1-16(2,3)15-17-13(14(18)21-15)8-10-6-11(19-4)9-12(7-10)20-5/h6-9H,1-5H3/b13-8+. The summed E-state index contributed by atoms with van der Waals surface area (Å²) >= 11 is 0. The first-order chi connectivity index (χ1) is 9.83. The molecule has 0 N–H and O–H groups in total. The van der Waals surface area contributed by atoms with E-state index >= 15 is 0 Å². The van der Waals surface area contributed by atoms with Crippen LogP contribution in [0.15, 0.2) is 28.9 Å². The van der Waals surface area contributed by atoms with Crippen LogP contribution in [-0.4, -0.2) is 26.1 Å². The molecule has 0 fully saturated rings. The molecule has 0 amide bonds. The van der Waals surface area contributed by atoms with Crippen LogP contribution in [0.2, 0.25) is 0 Å². The van der Waals surface area contributed by atoms with Crippen molar-refractivity contribution >= 4 is 17.9 Å². The van der Waals surface area contributed by atoms with Crippen LogP contribution in [0.3, 0.4) is 0 Å². The molecule has 0 aliphatic carbocycles. The summed E-state index contributed by atoms with van der Waals surface area (Å²) in [5, 5.41) is 0. The molecular formula is C16H19NO4. The van der Waals surface area contributed by atoms with E-state index in [9.17, 15) is 4.79 Å². The highest BCUT2D eigenvalue weighted by Crippen LogP contribution is 2.28. The second-order valence-electron chi connectivity index (χ2n) is 5.73. The van der Waals surface area contributed by atoms with Gasteiger partial charge in [-0.2, -0.15) is 0 Å². The zero-order valence-corrected chi connectivity index (χ0v) is 12.9. The van der Waals surface area contributed by atoms with Gasteiger partial charge in [-0.25, -0.2) is 9.79 Å². The van der Waals surface area contributed by atoms with Gasteiger partial charge in [0, 0.05) is 11.5 Å². The summed E-state index contributed by atoms with van der Waals surface area (Å²) in [5.74, 6) is 1.27. The molecule has 1 aliphatic heterocycles. The minimum atomic E-state index is -0.443. The Bertz CT molecular complexity index is 601. The summed E-state index contributed by atoms with van der Waals surface area (Å²) in [7, 11) is 3.15. The Kier molecular flexibility index (Phi) is 4.02. The van der Waals surface area contributed by atoms with Crippen LogP contribution >= 0.6 is 0 Å². The molecule has 0 saturated carbocycles. The molecule has 0 aromatic heterocycles. The van der Waals surface area contributed by atoms with Gasteiger partial charge in [0.25, 0.3) is 0 Å². The van der Waals surface area contributed by atoms with Gasteiger partial charge < -0.3 is 14.2 Å². The molecule has 0 bridgehead atoms. The van der Waals surface area contributed by atoms with E-state index in [1.807, 2.05) is 20.8 Å². The largest absolute Gasteiger partial charge is 0.497 e. The van der Waals surface area contributed by atoms with Crippen LogP contribution in [0.1, 0.15) is 26.3 Å². The molecule has 112 valence electrons.